The topological polar surface area (TPSA) is 77.3 Å². The van der Waals surface area contributed by atoms with Gasteiger partial charge in [-0.1, -0.05) is 30.0 Å². The van der Waals surface area contributed by atoms with Crippen molar-refractivity contribution in [2.75, 3.05) is 26.3 Å². The van der Waals surface area contributed by atoms with Crippen molar-refractivity contribution in [2.45, 2.75) is 10.9 Å². The predicted molar refractivity (Wildman–Crippen MR) is 128 cm³/mol. The molecule has 0 spiro atoms. The van der Waals surface area contributed by atoms with Crippen LogP contribution in [0.2, 0.25) is 0 Å². The van der Waals surface area contributed by atoms with E-state index in [9.17, 15) is 9.59 Å². The second-order valence-electron chi connectivity index (χ2n) is 7.65. The first-order chi connectivity index (χ1) is 16.2. The number of para-hydroxylation sites is 1. The Balaban J connectivity index is 1.58. The summed E-state index contributed by atoms with van der Waals surface area (Å²) >= 11 is 1.48. The van der Waals surface area contributed by atoms with Crippen molar-refractivity contribution >= 4 is 28.6 Å². The summed E-state index contributed by atoms with van der Waals surface area (Å²) in [6, 6.07) is 18.5. The Morgan fingerprint density at radius 3 is 2.52 bits per heavy atom. The molecule has 0 radical (unpaired) electrons. The van der Waals surface area contributed by atoms with E-state index in [-0.39, 0.29) is 11.5 Å². The van der Waals surface area contributed by atoms with Gasteiger partial charge in [0.15, 0.2) is 5.16 Å². The minimum Gasteiger partial charge on any atom is -0.378 e. The van der Waals surface area contributed by atoms with Gasteiger partial charge in [-0.2, -0.15) is 0 Å². The molecule has 8 heteroatoms. The Hall–Kier alpha value is -3.49. The Morgan fingerprint density at radius 1 is 1.00 bits per heavy atom. The SMILES string of the molecule is O=C(c1ccc2c(=O)n(-c3ccccc3)c(SCc3ccncc3)nc2c1)N1CCOCC1. The van der Waals surface area contributed by atoms with E-state index in [2.05, 4.69) is 4.98 Å². The van der Waals surface area contributed by atoms with Crippen LogP contribution in [0.15, 0.2) is 83.0 Å². The Labute approximate surface area is 195 Å². The number of fused-ring (bicyclic) bond motifs is 1. The molecule has 0 aliphatic carbocycles. The summed E-state index contributed by atoms with van der Waals surface area (Å²) < 4.78 is 6.99. The van der Waals surface area contributed by atoms with Gasteiger partial charge < -0.3 is 9.64 Å². The van der Waals surface area contributed by atoms with Crippen LogP contribution in [0.5, 0.6) is 0 Å². The van der Waals surface area contributed by atoms with Gasteiger partial charge >= 0.3 is 0 Å². The van der Waals surface area contributed by atoms with Crippen LogP contribution in [0.3, 0.4) is 0 Å². The normalized spacial score (nSPS) is 13.9. The van der Waals surface area contributed by atoms with Crippen LogP contribution in [0.1, 0.15) is 15.9 Å². The zero-order chi connectivity index (χ0) is 22.6. The van der Waals surface area contributed by atoms with E-state index in [0.29, 0.717) is 53.7 Å². The zero-order valence-electron chi connectivity index (χ0n) is 17.9. The number of aromatic nitrogens is 3. The van der Waals surface area contributed by atoms with Gasteiger partial charge in [-0.05, 0) is 48.0 Å². The maximum Gasteiger partial charge on any atom is 0.266 e. The average molecular weight is 459 g/mol. The maximum atomic E-state index is 13.5. The highest BCUT2D eigenvalue weighted by Crippen LogP contribution is 2.25. The molecule has 1 fully saturated rings. The molecular weight excluding hydrogens is 436 g/mol. The third kappa shape index (κ3) is 4.53. The molecule has 5 rings (SSSR count). The van der Waals surface area contributed by atoms with Crippen LogP contribution in [0.25, 0.3) is 16.6 Å². The second-order valence-corrected chi connectivity index (χ2v) is 8.59. The number of thioether (sulfide) groups is 1. The Morgan fingerprint density at radius 2 is 1.76 bits per heavy atom. The molecule has 0 bridgehead atoms. The Kier molecular flexibility index (Phi) is 6.19. The van der Waals surface area contributed by atoms with Crippen molar-refractivity contribution < 1.29 is 9.53 Å². The molecule has 1 aliphatic rings. The number of benzene rings is 2. The summed E-state index contributed by atoms with van der Waals surface area (Å²) in [4.78, 5) is 37.2. The number of hydrogen-bond acceptors (Lipinski definition) is 6. The monoisotopic (exact) mass is 458 g/mol. The van der Waals surface area contributed by atoms with E-state index >= 15 is 0 Å². The largest absolute Gasteiger partial charge is 0.378 e. The molecule has 0 saturated carbocycles. The molecular formula is C25H22N4O3S. The second kappa shape index (κ2) is 9.56. The number of carbonyl (C=O) groups is 1. The fraction of sp³-hybridized carbons (Fsp3) is 0.200. The average Bonchev–Trinajstić information content (AvgIpc) is 2.88. The van der Waals surface area contributed by atoms with E-state index in [0.717, 1.165) is 11.3 Å². The first-order valence-corrected chi connectivity index (χ1v) is 11.7. The minimum absolute atomic E-state index is 0.0692. The van der Waals surface area contributed by atoms with Gasteiger partial charge in [0.2, 0.25) is 0 Å². The fourth-order valence-corrected chi connectivity index (χ4v) is 4.74. The lowest BCUT2D eigenvalue weighted by atomic mass is 10.1. The summed E-state index contributed by atoms with van der Waals surface area (Å²) in [5.74, 6) is 0.569. The van der Waals surface area contributed by atoms with Gasteiger partial charge in [0.1, 0.15) is 0 Å². The number of rotatable bonds is 5. The molecule has 0 unspecified atom stereocenters. The molecule has 166 valence electrons. The molecule has 7 nitrogen and oxygen atoms in total. The van der Waals surface area contributed by atoms with Crippen LogP contribution >= 0.6 is 11.8 Å². The highest BCUT2D eigenvalue weighted by molar-refractivity contribution is 7.98. The van der Waals surface area contributed by atoms with Gasteiger partial charge in [0.05, 0.1) is 29.8 Å². The minimum atomic E-state index is -0.159. The van der Waals surface area contributed by atoms with Gasteiger partial charge in [0, 0.05) is 36.8 Å². The number of amides is 1. The van der Waals surface area contributed by atoms with E-state index in [1.807, 2.05) is 42.5 Å². The summed E-state index contributed by atoms with van der Waals surface area (Å²) in [6.45, 7) is 2.20. The summed E-state index contributed by atoms with van der Waals surface area (Å²) in [6.07, 6.45) is 3.50. The van der Waals surface area contributed by atoms with Crippen molar-refractivity contribution in [1.82, 2.24) is 19.4 Å². The molecule has 0 N–H and O–H groups in total. The molecule has 3 heterocycles. The molecule has 33 heavy (non-hydrogen) atoms. The molecule has 2 aromatic heterocycles. The lowest BCUT2D eigenvalue weighted by Gasteiger charge is -2.26. The van der Waals surface area contributed by atoms with Crippen LogP contribution in [-0.2, 0) is 10.5 Å². The van der Waals surface area contributed by atoms with Crippen LogP contribution in [-0.4, -0.2) is 51.6 Å². The Bertz CT molecular complexity index is 1340. The third-order valence-corrected chi connectivity index (χ3v) is 6.53. The van der Waals surface area contributed by atoms with Gasteiger partial charge in [0.25, 0.3) is 11.5 Å². The first-order valence-electron chi connectivity index (χ1n) is 10.7. The maximum absolute atomic E-state index is 13.5. The molecule has 1 saturated heterocycles. The summed E-state index contributed by atoms with van der Waals surface area (Å²) in [5.41, 5.74) is 2.72. The van der Waals surface area contributed by atoms with Crippen LogP contribution < -0.4 is 5.56 Å². The standard InChI is InChI=1S/C25H22N4O3S/c30-23(28-12-14-32-15-13-28)19-6-7-21-22(16-19)27-25(33-17-18-8-10-26-11-9-18)29(24(21)31)20-4-2-1-3-5-20/h1-11,16H,12-15,17H2. The number of pyridine rings is 1. The van der Waals surface area contributed by atoms with Crippen molar-refractivity contribution in [3.05, 3.63) is 94.5 Å². The van der Waals surface area contributed by atoms with Crippen LogP contribution in [0.4, 0.5) is 0 Å². The summed E-state index contributed by atoms with van der Waals surface area (Å²) in [5, 5.41) is 1.05. The van der Waals surface area contributed by atoms with E-state index in [1.54, 1.807) is 40.1 Å². The first kappa shape index (κ1) is 21.4. The highest BCUT2D eigenvalue weighted by atomic mass is 32.2. The van der Waals surface area contributed by atoms with Crippen molar-refractivity contribution in [1.29, 1.82) is 0 Å². The molecule has 4 aromatic rings. The van der Waals surface area contributed by atoms with E-state index < -0.39 is 0 Å². The van der Waals surface area contributed by atoms with Gasteiger partial charge in [-0.25, -0.2) is 4.98 Å². The number of morpholine rings is 1. The number of hydrogen-bond donors (Lipinski definition) is 0. The number of nitrogens with zero attached hydrogens (tertiary/aromatic N) is 4. The highest BCUT2D eigenvalue weighted by Gasteiger charge is 2.20. The molecule has 1 amide bonds. The van der Waals surface area contributed by atoms with Crippen molar-refractivity contribution in [3.63, 3.8) is 0 Å². The van der Waals surface area contributed by atoms with Crippen molar-refractivity contribution in [3.8, 4) is 5.69 Å². The van der Waals surface area contributed by atoms with Crippen molar-refractivity contribution in [2.24, 2.45) is 0 Å². The summed E-state index contributed by atoms with van der Waals surface area (Å²) in [7, 11) is 0. The molecule has 0 atom stereocenters. The third-order valence-electron chi connectivity index (χ3n) is 5.52. The lowest BCUT2D eigenvalue weighted by molar-refractivity contribution is 0.0303. The van der Waals surface area contributed by atoms with Gasteiger partial charge in [-0.3, -0.25) is 19.1 Å². The molecule has 2 aromatic carbocycles. The van der Waals surface area contributed by atoms with Gasteiger partial charge in [-0.15, -0.1) is 0 Å². The predicted octanol–water partition coefficient (Wildman–Crippen LogP) is 3.55. The fourth-order valence-electron chi connectivity index (χ4n) is 3.78. The number of ether oxygens (including phenoxy) is 1. The lowest BCUT2D eigenvalue weighted by Crippen LogP contribution is -2.40. The zero-order valence-corrected chi connectivity index (χ0v) is 18.7. The van der Waals surface area contributed by atoms with E-state index in [1.165, 1.54) is 11.8 Å². The smallest absolute Gasteiger partial charge is 0.266 e. The van der Waals surface area contributed by atoms with Crippen LogP contribution in [0, 0.1) is 0 Å². The molecule has 1 aliphatic heterocycles. The number of carbonyl (C=O) groups excluding carboxylic acids is 1. The van der Waals surface area contributed by atoms with E-state index in [4.69, 9.17) is 9.72 Å². The quantitative estimate of drug-likeness (QED) is 0.336.